The Morgan fingerprint density at radius 3 is 3.15 bits per heavy atom. The molecule has 1 rings (SSSR count). The van der Waals surface area contributed by atoms with Crippen LogP contribution in [0, 0.1) is 6.07 Å². The fourth-order valence-electron chi connectivity index (χ4n) is 0.878. The van der Waals surface area contributed by atoms with E-state index in [1.54, 1.807) is 18.3 Å². The van der Waals surface area contributed by atoms with Gasteiger partial charge < -0.3 is 4.74 Å². The lowest BCUT2D eigenvalue weighted by atomic mass is 10.3. The SMILES string of the molecule is CCC/C=C/COc1cc[c]cn1. The predicted molar refractivity (Wildman–Crippen MR) is 52.6 cm³/mol. The second-order valence-corrected chi connectivity index (χ2v) is 2.67. The first-order valence-electron chi connectivity index (χ1n) is 4.53. The maximum absolute atomic E-state index is 5.33. The molecule has 0 spiro atoms. The van der Waals surface area contributed by atoms with E-state index >= 15 is 0 Å². The van der Waals surface area contributed by atoms with Gasteiger partial charge in [0.2, 0.25) is 5.88 Å². The molecule has 2 nitrogen and oxygen atoms in total. The minimum Gasteiger partial charge on any atom is -0.473 e. The van der Waals surface area contributed by atoms with Crippen LogP contribution < -0.4 is 4.74 Å². The van der Waals surface area contributed by atoms with Gasteiger partial charge in [0, 0.05) is 18.3 Å². The molecular weight excluding hydrogens is 162 g/mol. The Kier molecular flexibility index (Phi) is 4.69. The van der Waals surface area contributed by atoms with E-state index in [0.717, 1.165) is 6.42 Å². The van der Waals surface area contributed by atoms with Crippen molar-refractivity contribution >= 4 is 0 Å². The van der Waals surface area contributed by atoms with Crippen LogP contribution in [0.4, 0.5) is 0 Å². The van der Waals surface area contributed by atoms with Crippen molar-refractivity contribution in [3.63, 3.8) is 0 Å². The average Bonchev–Trinajstić information content (AvgIpc) is 2.19. The van der Waals surface area contributed by atoms with Crippen LogP contribution in [0.15, 0.2) is 30.5 Å². The molecule has 0 unspecified atom stereocenters. The number of aromatic nitrogens is 1. The van der Waals surface area contributed by atoms with E-state index in [0.29, 0.717) is 12.5 Å². The maximum atomic E-state index is 5.33. The highest BCUT2D eigenvalue weighted by Crippen LogP contribution is 2.02. The number of ether oxygens (including phenoxy) is 1. The number of unbranched alkanes of at least 4 members (excludes halogenated alkanes) is 1. The van der Waals surface area contributed by atoms with E-state index in [1.807, 2.05) is 6.08 Å². The van der Waals surface area contributed by atoms with Crippen molar-refractivity contribution < 1.29 is 4.74 Å². The van der Waals surface area contributed by atoms with Crippen molar-refractivity contribution in [1.29, 1.82) is 0 Å². The molecule has 2 heteroatoms. The van der Waals surface area contributed by atoms with Crippen molar-refractivity contribution in [2.45, 2.75) is 19.8 Å². The van der Waals surface area contributed by atoms with Gasteiger partial charge in [-0.2, -0.15) is 0 Å². The first-order valence-corrected chi connectivity index (χ1v) is 4.53. The summed E-state index contributed by atoms with van der Waals surface area (Å²) < 4.78 is 5.33. The predicted octanol–water partition coefficient (Wildman–Crippen LogP) is 2.62. The highest BCUT2D eigenvalue weighted by Gasteiger charge is 1.88. The topological polar surface area (TPSA) is 22.1 Å². The van der Waals surface area contributed by atoms with E-state index < -0.39 is 0 Å². The molecule has 69 valence electrons. The van der Waals surface area contributed by atoms with Crippen LogP contribution in [0.2, 0.25) is 0 Å². The van der Waals surface area contributed by atoms with Gasteiger partial charge in [-0.25, -0.2) is 4.98 Å². The van der Waals surface area contributed by atoms with Crippen molar-refractivity contribution in [2.75, 3.05) is 6.61 Å². The summed E-state index contributed by atoms with van der Waals surface area (Å²) in [7, 11) is 0. The van der Waals surface area contributed by atoms with Gasteiger partial charge in [0.25, 0.3) is 0 Å². The molecule has 0 saturated carbocycles. The largest absolute Gasteiger partial charge is 0.473 e. The molecule has 0 amide bonds. The van der Waals surface area contributed by atoms with Crippen molar-refractivity contribution in [2.24, 2.45) is 0 Å². The third-order valence-electron chi connectivity index (χ3n) is 1.54. The second-order valence-electron chi connectivity index (χ2n) is 2.67. The molecule has 1 aromatic heterocycles. The van der Waals surface area contributed by atoms with Crippen LogP contribution in [-0.4, -0.2) is 11.6 Å². The third kappa shape index (κ3) is 4.31. The van der Waals surface area contributed by atoms with Gasteiger partial charge in [-0.05, 0) is 12.5 Å². The Morgan fingerprint density at radius 2 is 2.46 bits per heavy atom. The molecule has 0 aliphatic rings. The summed E-state index contributed by atoms with van der Waals surface area (Å²) in [6.45, 7) is 2.75. The first-order chi connectivity index (χ1) is 6.43. The molecule has 0 aliphatic heterocycles. The number of allylic oxidation sites excluding steroid dienone is 1. The van der Waals surface area contributed by atoms with Crippen LogP contribution in [0.5, 0.6) is 5.88 Å². The fraction of sp³-hybridized carbons (Fsp3) is 0.364. The smallest absolute Gasteiger partial charge is 0.213 e. The first kappa shape index (κ1) is 9.78. The zero-order valence-electron chi connectivity index (χ0n) is 7.86. The molecule has 0 N–H and O–H groups in total. The van der Waals surface area contributed by atoms with Gasteiger partial charge in [-0.1, -0.05) is 25.5 Å². The lowest BCUT2D eigenvalue weighted by molar-refractivity contribution is 0.348. The molecular formula is C11H14NO. The maximum Gasteiger partial charge on any atom is 0.213 e. The summed E-state index contributed by atoms with van der Waals surface area (Å²) in [6, 6.07) is 6.42. The summed E-state index contributed by atoms with van der Waals surface area (Å²) in [5.74, 6) is 0.653. The Bertz CT molecular complexity index is 244. The quantitative estimate of drug-likeness (QED) is 0.643. The summed E-state index contributed by atoms with van der Waals surface area (Å²) in [5, 5.41) is 0. The van der Waals surface area contributed by atoms with E-state index in [4.69, 9.17) is 4.74 Å². The Morgan fingerprint density at radius 1 is 1.54 bits per heavy atom. The second kappa shape index (κ2) is 6.23. The number of hydrogen-bond donors (Lipinski definition) is 0. The van der Waals surface area contributed by atoms with Crippen LogP contribution in [0.1, 0.15) is 19.8 Å². The zero-order valence-corrected chi connectivity index (χ0v) is 7.86. The highest BCUT2D eigenvalue weighted by atomic mass is 16.5. The lowest BCUT2D eigenvalue weighted by Gasteiger charge is -1.99. The summed E-state index contributed by atoms with van der Waals surface area (Å²) >= 11 is 0. The lowest BCUT2D eigenvalue weighted by Crippen LogP contribution is -1.94. The Balaban J connectivity index is 2.20. The molecule has 1 radical (unpaired) electrons. The van der Waals surface area contributed by atoms with Crippen LogP contribution in [-0.2, 0) is 0 Å². The molecule has 0 bridgehead atoms. The monoisotopic (exact) mass is 176 g/mol. The van der Waals surface area contributed by atoms with Crippen LogP contribution in [0.3, 0.4) is 0 Å². The van der Waals surface area contributed by atoms with E-state index in [2.05, 4.69) is 24.1 Å². The Labute approximate surface area is 79.3 Å². The van der Waals surface area contributed by atoms with Gasteiger partial charge in [-0.15, -0.1) is 0 Å². The number of hydrogen-bond acceptors (Lipinski definition) is 2. The van der Waals surface area contributed by atoms with Crippen LogP contribution >= 0.6 is 0 Å². The van der Waals surface area contributed by atoms with Crippen molar-refractivity contribution in [3.8, 4) is 5.88 Å². The standard InChI is InChI=1S/C11H14NO/c1-2-3-4-7-10-13-11-8-5-6-9-12-11/h4-5,7-9H,2-3,10H2,1H3/b7-4+. The normalized spacial score (nSPS) is 10.5. The van der Waals surface area contributed by atoms with Crippen molar-refractivity contribution in [3.05, 3.63) is 36.5 Å². The minimum absolute atomic E-state index is 0.594. The van der Waals surface area contributed by atoms with E-state index in [9.17, 15) is 0 Å². The van der Waals surface area contributed by atoms with E-state index in [1.165, 1.54) is 6.42 Å². The molecule has 1 heterocycles. The fourth-order valence-corrected chi connectivity index (χ4v) is 0.878. The molecule has 13 heavy (non-hydrogen) atoms. The van der Waals surface area contributed by atoms with Gasteiger partial charge >= 0.3 is 0 Å². The molecule has 1 aromatic rings. The van der Waals surface area contributed by atoms with Gasteiger partial charge in [0.15, 0.2) is 0 Å². The van der Waals surface area contributed by atoms with Crippen LogP contribution in [0.25, 0.3) is 0 Å². The summed E-state index contributed by atoms with van der Waals surface area (Å²) in [5.41, 5.74) is 0. The van der Waals surface area contributed by atoms with Gasteiger partial charge in [-0.3, -0.25) is 0 Å². The minimum atomic E-state index is 0.594. The Hall–Kier alpha value is -1.31. The number of rotatable bonds is 5. The molecule has 0 aromatic carbocycles. The van der Waals surface area contributed by atoms with Crippen molar-refractivity contribution in [1.82, 2.24) is 4.98 Å². The summed E-state index contributed by atoms with van der Waals surface area (Å²) in [6.07, 6.45) is 8.02. The summed E-state index contributed by atoms with van der Waals surface area (Å²) in [4.78, 5) is 3.98. The molecule has 0 saturated heterocycles. The molecule has 0 fully saturated rings. The number of pyridine rings is 1. The van der Waals surface area contributed by atoms with E-state index in [-0.39, 0.29) is 0 Å². The zero-order chi connectivity index (χ0) is 9.36. The molecule has 0 aliphatic carbocycles. The molecule has 0 atom stereocenters. The highest BCUT2D eigenvalue weighted by molar-refractivity contribution is 5.08. The number of nitrogens with zero attached hydrogens (tertiary/aromatic N) is 1. The van der Waals surface area contributed by atoms with Gasteiger partial charge in [0.1, 0.15) is 6.61 Å². The average molecular weight is 176 g/mol. The third-order valence-corrected chi connectivity index (χ3v) is 1.54. The van der Waals surface area contributed by atoms with Gasteiger partial charge in [0.05, 0.1) is 0 Å².